The van der Waals surface area contributed by atoms with E-state index in [2.05, 4.69) is 25.3 Å². The molecular weight excluding hydrogens is 392 g/mol. The van der Waals surface area contributed by atoms with Crippen molar-refractivity contribution >= 4 is 24.3 Å². The summed E-state index contributed by atoms with van der Waals surface area (Å²) in [6.07, 6.45) is 7.78. The molecule has 4 aromatic rings. The largest absolute Gasteiger partial charge is 0.457 e. The first-order valence-corrected chi connectivity index (χ1v) is 10.4. The van der Waals surface area contributed by atoms with E-state index in [1.807, 2.05) is 109 Å². The van der Waals surface area contributed by atoms with Crippen LogP contribution in [0.5, 0.6) is 23.0 Å². The summed E-state index contributed by atoms with van der Waals surface area (Å²) in [4.78, 5) is 0. The molecule has 0 radical (unpaired) electrons. The Morgan fingerprint density at radius 2 is 0.625 bits per heavy atom. The summed E-state index contributed by atoms with van der Waals surface area (Å²) < 4.78 is 11.8. The van der Waals surface area contributed by atoms with Gasteiger partial charge in [-0.1, -0.05) is 86.0 Å². The first kappa shape index (κ1) is 21.0. The first-order chi connectivity index (χ1) is 15.7. The van der Waals surface area contributed by atoms with Crippen molar-refractivity contribution in [2.75, 3.05) is 0 Å². The number of ether oxygens (including phenoxy) is 2. The predicted octanol–water partition coefficient (Wildman–Crippen LogP) is 8.73. The van der Waals surface area contributed by atoms with Crippen molar-refractivity contribution in [3.63, 3.8) is 0 Å². The van der Waals surface area contributed by atoms with Crippen LogP contribution in [0.4, 0.5) is 0 Å². The summed E-state index contributed by atoms with van der Waals surface area (Å²) >= 11 is 0. The summed E-state index contributed by atoms with van der Waals surface area (Å²) in [6.45, 7) is 7.53. The molecule has 32 heavy (non-hydrogen) atoms. The van der Waals surface area contributed by atoms with Crippen LogP contribution in [0.3, 0.4) is 0 Å². The van der Waals surface area contributed by atoms with Crippen LogP contribution in [0.1, 0.15) is 22.3 Å². The van der Waals surface area contributed by atoms with Gasteiger partial charge >= 0.3 is 0 Å². The number of benzene rings is 4. The highest BCUT2D eigenvalue weighted by Crippen LogP contribution is 2.24. The van der Waals surface area contributed by atoms with Gasteiger partial charge in [-0.3, -0.25) is 0 Å². The summed E-state index contributed by atoms with van der Waals surface area (Å²) in [5, 5.41) is 0. The zero-order valence-electron chi connectivity index (χ0n) is 17.8. The van der Waals surface area contributed by atoms with Gasteiger partial charge in [0.15, 0.2) is 0 Å². The van der Waals surface area contributed by atoms with Crippen molar-refractivity contribution < 1.29 is 9.47 Å². The van der Waals surface area contributed by atoms with Crippen molar-refractivity contribution in [1.82, 2.24) is 0 Å². The molecule has 0 aliphatic heterocycles. The molecule has 0 unspecified atom stereocenters. The Labute approximate surface area is 189 Å². The molecule has 2 heteroatoms. The van der Waals surface area contributed by atoms with Gasteiger partial charge in [-0.2, -0.15) is 0 Å². The quantitative estimate of drug-likeness (QED) is 0.267. The van der Waals surface area contributed by atoms with Gasteiger partial charge in [0.1, 0.15) is 23.0 Å². The van der Waals surface area contributed by atoms with E-state index in [1.165, 1.54) is 0 Å². The standard InChI is InChI=1S/C30H24O2/c1-3-23-7-15-27(16-8-23)31-29-19-11-25(12-20-29)5-6-26-13-21-30(22-14-26)32-28-17-9-24(4-2)10-18-28/h3-22H,1-2H2/b6-5+. The normalized spacial score (nSPS) is 10.6. The maximum absolute atomic E-state index is 5.89. The summed E-state index contributed by atoms with van der Waals surface area (Å²) in [5.41, 5.74) is 4.34. The molecule has 0 heterocycles. The van der Waals surface area contributed by atoms with Crippen LogP contribution in [0.2, 0.25) is 0 Å². The Kier molecular flexibility index (Phi) is 6.64. The summed E-state index contributed by atoms with van der Waals surface area (Å²) in [5.74, 6) is 3.21. The Morgan fingerprint density at radius 1 is 0.375 bits per heavy atom. The SMILES string of the molecule is C=Cc1ccc(Oc2ccc(/C=C/c3ccc(Oc4ccc(C=C)cc4)cc3)cc2)cc1. The molecule has 2 nitrogen and oxygen atoms in total. The lowest BCUT2D eigenvalue weighted by atomic mass is 10.1. The molecule has 0 atom stereocenters. The van der Waals surface area contributed by atoms with Crippen LogP contribution < -0.4 is 9.47 Å². The third-order valence-electron chi connectivity index (χ3n) is 4.93. The second-order valence-corrected chi connectivity index (χ2v) is 7.22. The maximum atomic E-state index is 5.89. The van der Waals surface area contributed by atoms with Gasteiger partial charge in [0.25, 0.3) is 0 Å². The molecule has 0 aliphatic carbocycles. The van der Waals surface area contributed by atoms with E-state index in [-0.39, 0.29) is 0 Å². The van der Waals surface area contributed by atoms with E-state index in [0.29, 0.717) is 0 Å². The van der Waals surface area contributed by atoms with Crippen LogP contribution in [-0.4, -0.2) is 0 Å². The van der Waals surface area contributed by atoms with Crippen LogP contribution in [0, 0.1) is 0 Å². The molecule has 0 amide bonds. The molecule has 0 saturated carbocycles. The van der Waals surface area contributed by atoms with Crippen molar-refractivity contribution in [3.05, 3.63) is 132 Å². The van der Waals surface area contributed by atoms with Crippen LogP contribution >= 0.6 is 0 Å². The topological polar surface area (TPSA) is 18.5 Å². The van der Waals surface area contributed by atoms with Gasteiger partial charge in [0.05, 0.1) is 0 Å². The first-order valence-electron chi connectivity index (χ1n) is 10.4. The lowest BCUT2D eigenvalue weighted by molar-refractivity contribution is 0.482. The molecule has 0 saturated heterocycles. The zero-order valence-corrected chi connectivity index (χ0v) is 17.8. The highest BCUT2D eigenvalue weighted by atomic mass is 16.5. The molecule has 156 valence electrons. The van der Waals surface area contributed by atoms with E-state index < -0.39 is 0 Å². The average molecular weight is 417 g/mol. The molecule has 0 bridgehead atoms. The maximum Gasteiger partial charge on any atom is 0.127 e. The number of hydrogen-bond acceptors (Lipinski definition) is 2. The molecule has 4 aromatic carbocycles. The van der Waals surface area contributed by atoms with E-state index in [4.69, 9.17) is 9.47 Å². The molecule has 4 rings (SSSR count). The average Bonchev–Trinajstić information content (AvgIpc) is 2.85. The Hall–Kier alpha value is -4.30. The van der Waals surface area contributed by atoms with E-state index >= 15 is 0 Å². The van der Waals surface area contributed by atoms with Crippen molar-refractivity contribution in [2.24, 2.45) is 0 Å². The van der Waals surface area contributed by atoms with Crippen LogP contribution in [0.15, 0.2) is 110 Å². The minimum atomic E-state index is 0.802. The summed E-state index contributed by atoms with van der Waals surface area (Å²) in [6, 6.07) is 31.7. The third-order valence-corrected chi connectivity index (χ3v) is 4.93. The second kappa shape index (κ2) is 10.1. The third kappa shape index (κ3) is 5.65. The molecule has 0 aliphatic rings. The lowest BCUT2D eigenvalue weighted by Gasteiger charge is -2.07. The van der Waals surface area contributed by atoms with Crippen molar-refractivity contribution in [1.29, 1.82) is 0 Å². The molecule has 0 aromatic heterocycles. The van der Waals surface area contributed by atoms with Crippen molar-refractivity contribution in [2.45, 2.75) is 0 Å². The fourth-order valence-corrected chi connectivity index (χ4v) is 3.10. The molecule has 0 spiro atoms. The van der Waals surface area contributed by atoms with E-state index in [1.54, 1.807) is 0 Å². The van der Waals surface area contributed by atoms with Gasteiger partial charge in [-0.05, 0) is 70.8 Å². The van der Waals surface area contributed by atoms with Gasteiger partial charge < -0.3 is 9.47 Å². The Balaban J connectivity index is 1.34. The number of rotatable bonds is 8. The second-order valence-electron chi connectivity index (χ2n) is 7.22. The fourth-order valence-electron chi connectivity index (χ4n) is 3.10. The molecular formula is C30H24O2. The molecule has 0 fully saturated rings. The van der Waals surface area contributed by atoms with Crippen LogP contribution in [0.25, 0.3) is 24.3 Å². The molecule has 0 N–H and O–H groups in total. The van der Waals surface area contributed by atoms with Gasteiger partial charge in [0, 0.05) is 0 Å². The summed E-state index contributed by atoms with van der Waals surface area (Å²) in [7, 11) is 0. The monoisotopic (exact) mass is 416 g/mol. The smallest absolute Gasteiger partial charge is 0.127 e. The minimum Gasteiger partial charge on any atom is -0.457 e. The van der Waals surface area contributed by atoms with Crippen LogP contribution in [-0.2, 0) is 0 Å². The van der Waals surface area contributed by atoms with E-state index in [9.17, 15) is 0 Å². The lowest BCUT2D eigenvalue weighted by Crippen LogP contribution is -1.85. The minimum absolute atomic E-state index is 0.802. The Bertz CT molecular complexity index is 1100. The fraction of sp³-hybridized carbons (Fsp3) is 0. The predicted molar refractivity (Wildman–Crippen MR) is 135 cm³/mol. The van der Waals surface area contributed by atoms with Gasteiger partial charge in [-0.15, -0.1) is 0 Å². The van der Waals surface area contributed by atoms with Gasteiger partial charge in [0.2, 0.25) is 0 Å². The zero-order chi connectivity index (χ0) is 22.2. The van der Waals surface area contributed by atoms with Crippen molar-refractivity contribution in [3.8, 4) is 23.0 Å². The number of hydrogen-bond donors (Lipinski definition) is 0. The van der Waals surface area contributed by atoms with Gasteiger partial charge in [-0.25, -0.2) is 0 Å². The Morgan fingerprint density at radius 3 is 0.875 bits per heavy atom. The highest BCUT2D eigenvalue weighted by molar-refractivity contribution is 5.70. The highest BCUT2D eigenvalue weighted by Gasteiger charge is 1.99. The van der Waals surface area contributed by atoms with E-state index in [0.717, 1.165) is 45.3 Å².